The Hall–Kier alpha value is -1.55. The Morgan fingerprint density at radius 1 is 1.39 bits per heavy atom. The van der Waals surface area contributed by atoms with Crippen LogP contribution in [0.15, 0.2) is 24.3 Å². The molecule has 0 bridgehead atoms. The normalized spacial score (nSPS) is 23.7. The van der Waals surface area contributed by atoms with E-state index in [4.69, 9.17) is 5.73 Å². The van der Waals surface area contributed by atoms with Crippen molar-refractivity contribution in [3.8, 4) is 5.75 Å². The molecule has 2 atom stereocenters. The lowest BCUT2D eigenvalue weighted by atomic mass is 9.90. The summed E-state index contributed by atoms with van der Waals surface area (Å²) in [6.07, 6.45) is 4.20. The lowest BCUT2D eigenvalue weighted by Crippen LogP contribution is -2.50. The zero-order valence-electron chi connectivity index (χ0n) is 10.7. The van der Waals surface area contributed by atoms with E-state index in [0.717, 1.165) is 25.7 Å². The second kappa shape index (κ2) is 5.40. The fraction of sp³-hybridized carbons (Fsp3) is 0.500. The van der Waals surface area contributed by atoms with E-state index in [1.54, 1.807) is 30.1 Å². The van der Waals surface area contributed by atoms with Gasteiger partial charge in [0.2, 0.25) is 0 Å². The Balaban J connectivity index is 2.13. The number of carbonyl (C=O) groups excluding carboxylic acids is 1. The minimum Gasteiger partial charge on any atom is -0.508 e. The van der Waals surface area contributed by atoms with Crippen LogP contribution in [0, 0.1) is 0 Å². The predicted molar refractivity (Wildman–Crippen MR) is 70.4 cm³/mol. The highest BCUT2D eigenvalue weighted by Gasteiger charge is 2.28. The van der Waals surface area contributed by atoms with Crippen LogP contribution < -0.4 is 5.73 Å². The van der Waals surface area contributed by atoms with Crippen molar-refractivity contribution in [2.24, 2.45) is 5.73 Å². The predicted octanol–water partition coefficient (Wildman–Crippen LogP) is 1.73. The number of rotatable bonds is 2. The highest BCUT2D eigenvalue weighted by Crippen LogP contribution is 2.23. The Kier molecular flexibility index (Phi) is 3.87. The molecule has 0 aromatic heterocycles. The van der Waals surface area contributed by atoms with E-state index in [1.165, 1.54) is 6.07 Å². The molecule has 1 amide bonds. The molecule has 1 aliphatic rings. The first-order valence-corrected chi connectivity index (χ1v) is 6.41. The van der Waals surface area contributed by atoms with Crippen molar-refractivity contribution in [2.45, 2.75) is 37.8 Å². The Morgan fingerprint density at radius 3 is 2.78 bits per heavy atom. The summed E-state index contributed by atoms with van der Waals surface area (Å²) in [4.78, 5) is 14.0. The molecular weight excluding hydrogens is 228 g/mol. The molecule has 2 unspecified atom stereocenters. The van der Waals surface area contributed by atoms with Crippen LogP contribution in [0.5, 0.6) is 5.75 Å². The number of amides is 1. The Morgan fingerprint density at radius 2 is 2.11 bits per heavy atom. The van der Waals surface area contributed by atoms with Crippen LogP contribution in [-0.2, 0) is 0 Å². The third-order valence-electron chi connectivity index (χ3n) is 3.69. The first-order chi connectivity index (χ1) is 8.59. The Labute approximate surface area is 107 Å². The molecule has 0 saturated heterocycles. The minimum absolute atomic E-state index is 0.0602. The molecule has 1 fully saturated rings. The summed E-state index contributed by atoms with van der Waals surface area (Å²) in [5.74, 6) is 0.0374. The molecule has 0 heterocycles. The lowest BCUT2D eigenvalue weighted by Gasteiger charge is -2.36. The summed E-state index contributed by atoms with van der Waals surface area (Å²) < 4.78 is 0. The number of phenols is 1. The van der Waals surface area contributed by atoms with E-state index < -0.39 is 0 Å². The fourth-order valence-corrected chi connectivity index (χ4v) is 2.61. The van der Waals surface area contributed by atoms with Crippen molar-refractivity contribution < 1.29 is 9.90 Å². The molecule has 1 aliphatic carbocycles. The highest BCUT2D eigenvalue weighted by molar-refractivity contribution is 5.94. The molecule has 0 aliphatic heterocycles. The first-order valence-electron chi connectivity index (χ1n) is 6.41. The first kappa shape index (κ1) is 12.9. The maximum atomic E-state index is 12.3. The van der Waals surface area contributed by atoms with Gasteiger partial charge in [-0.1, -0.05) is 18.9 Å². The number of likely N-dealkylation sites (N-methyl/N-ethyl adjacent to an activating group) is 1. The summed E-state index contributed by atoms with van der Waals surface area (Å²) in [6, 6.07) is 6.61. The lowest BCUT2D eigenvalue weighted by molar-refractivity contribution is 0.0672. The topological polar surface area (TPSA) is 66.6 Å². The molecule has 4 heteroatoms. The van der Waals surface area contributed by atoms with Gasteiger partial charge in [0.15, 0.2) is 0 Å². The van der Waals surface area contributed by atoms with Gasteiger partial charge in [-0.05, 0) is 31.0 Å². The van der Waals surface area contributed by atoms with Gasteiger partial charge in [0, 0.05) is 24.7 Å². The standard InChI is InChI=1S/C14H20N2O2/c1-16(13-8-3-2-7-12(13)15)14(18)10-5-4-6-11(17)9-10/h4-6,9,12-13,17H,2-3,7-8,15H2,1H3. The van der Waals surface area contributed by atoms with Gasteiger partial charge >= 0.3 is 0 Å². The maximum absolute atomic E-state index is 12.3. The number of nitrogens with zero attached hydrogens (tertiary/aromatic N) is 1. The fourth-order valence-electron chi connectivity index (χ4n) is 2.61. The molecule has 3 N–H and O–H groups in total. The molecule has 1 aromatic carbocycles. The smallest absolute Gasteiger partial charge is 0.254 e. The van der Waals surface area contributed by atoms with Crippen molar-refractivity contribution >= 4 is 5.91 Å². The molecule has 1 saturated carbocycles. The second-order valence-corrected chi connectivity index (χ2v) is 4.98. The van der Waals surface area contributed by atoms with Gasteiger partial charge in [-0.25, -0.2) is 0 Å². The molecule has 4 nitrogen and oxygen atoms in total. The van der Waals surface area contributed by atoms with Crippen molar-refractivity contribution in [3.05, 3.63) is 29.8 Å². The zero-order valence-corrected chi connectivity index (χ0v) is 10.7. The van der Waals surface area contributed by atoms with E-state index in [1.807, 2.05) is 0 Å². The van der Waals surface area contributed by atoms with Crippen molar-refractivity contribution in [3.63, 3.8) is 0 Å². The zero-order chi connectivity index (χ0) is 13.1. The van der Waals surface area contributed by atoms with E-state index in [-0.39, 0.29) is 23.7 Å². The van der Waals surface area contributed by atoms with E-state index in [2.05, 4.69) is 0 Å². The van der Waals surface area contributed by atoms with Gasteiger partial charge in [-0.2, -0.15) is 0 Å². The molecule has 0 radical (unpaired) electrons. The van der Waals surface area contributed by atoms with Crippen LogP contribution in [0.25, 0.3) is 0 Å². The third kappa shape index (κ3) is 2.64. The number of phenolic OH excluding ortho intramolecular Hbond substituents is 1. The maximum Gasteiger partial charge on any atom is 0.254 e. The van der Waals surface area contributed by atoms with Gasteiger partial charge in [0.25, 0.3) is 5.91 Å². The highest BCUT2D eigenvalue weighted by atomic mass is 16.3. The average Bonchev–Trinajstić information content (AvgIpc) is 2.37. The number of carbonyl (C=O) groups is 1. The number of hydrogen-bond donors (Lipinski definition) is 2. The van der Waals surface area contributed by atoms with Crippen LogP contribution in [0.2, 0.25) is 0 Å². The Bertz CT molecular complexity index is 434. The molecule has 1 aromatic rings. The molecule has 18 heavy (non-hydrogen) atoms. The summed E-state index contributed by atoms with van der Waals surface area (Å²) in [6.45, 7) is 0. The van der Waals surface area contributed by atoms with Gasteiger partial charge in [0.05, 0.1) is 0 Å². The van der Waals surface area contributed by atoms with Crippen molar-refractivity contribution in [1.82, 2.24) is 4.90 Å². The number of nitrogens with two attached hydrogens (primary N) is 1. The SMILES string of the molecule is CN(C(=O)c1cccc(O)c1)C1CCCCC1N. The van der Waals surface area contributed by atoms with Crippen LogP contribution >= 0.6 is 0 Å². The summed E-state index contributed by atoms with van der Waals surface area (Å²) in [7, 11) is 1.79. The molecule has 98 valence electrons. The van der Waals surface area contributed by atoms with E-state index in [0.29, 0.717) is 5.56 Å². The van der Waals surface area contributed by atoms with Gasteiger partial charge in [0.1, 0.15) is 5.75 Å². The van der Waals surface area contributed by atoms with Crippen LogP contribution in [-0.4, -0.2) is 35.0 Å². The van der Waals surface area contributed by atoms with E-state index in [9.17, 15) is 9.90 Å². The quantitative estimate of drug-likeness (QED) is 0.837. The monoisotopic (exact) mass is 248 g/mol. The van der Waals surface area contributed by atoms with Crippen LogP contribution in [0.4, 0.5) is 0 Å². The summed E-state index contributed by atoms with van der Waals surface area (Å²) in [5.41, 5.74) is 6.59. The third-order valence-corrected chi connectivity index (χ3v) is 3.69. The molecular formula is C14H20N2O2. The summed E-state index contributed by atoms with van der Waals surface area (Å²) in [5, 5.41) is 9.41. The summed E-state index contributed by atoms with van der Waals surface area (Å²) >= 11 is 0. The number of hydrogen-bond acceptors (Lipinski definition) is 3. The number of aromatic hydroxyl groups is 1. The van der Waals surface area contributed by atoms with Gasteiger partial charge in [-0.15, -0.1) is 0 Å². The van der Waals surface area contributed by atoms with Crippen molar-refractivity contribution in [2.75, 3.05) is 7.05 Å². The van der Waals surface area contributed by atoms with Crippen molar-refractivity contribution in [1.29, 1.82) is 0 Å². The molecule has 2 rings (SSSR count). The van der Waals surface area contributed by atoms with Gasteiger partial charge < -0.3 is 15.7 Å². The van der Waals surface area contributed by atoms with E-state index >= 15 is 0 Å². The average molecular weight is 248 g/mol. The second-order valence-electron chi connectivity index (χ2n) is 4.98. The largest absolute Gasteiger partial charge is 0.508 e. The van der Waals surface area contributed by atoms with Crippen LogP contribution in [0.1, 0.15) is 36.0 Å². The van der Waals surface area contributed by atoms with Crippen LogP contribution in [0.3, 0.4) is 0 Å². The number of benzene rings is 1. The van der Waals surface area contributed by atoms with Gasteiger partial charge in [-0.3, -0.25) is 4.79 Å². The minimum atomic E-state index is -0.0757. The molecule has 0 spiro atoms.